The lowest BCUT2D eigenvalue weighted by Crippen LogP contribution is -2.13. The van der Waals surface area contributed by atoms with Crippen LogP contribution in [0.25, 0.3) is 0 Å². The maximum atomic E-state index is 11.1. The molecule has 0 aliphatic heterocycles. The highest BCUT2D eigenvalue weighted by Gasteiger charge is 2.21. The summed E-state index contributed by atoms with van der Waals surface area (Å²) in [6.45, 7) is 0.518. The summed E-state index contributed by atoms with van der Waals surface area (Å²) in [5.74, 6) is 0.647. The first-order valence-electron chi connectivity index (χ1n) is 6.98. The number of carbonyl (C=O) groups is 1. The van der Waals surface area contributed by atoms with E-state index >= 15 is 0 Å². The zero-order chi connectivity index (χ0) is 13.8. The normalized spacial score (nSPS) is 17.3. The van der Waals surface area contributed by atoms with Crippen LogP contribution in [0.5, 0.6) is 5.88 Å². The van der Waals surface area contributed by atoms with Gasteiger partial charge in [-0.25, -0.2) is 4.98 Å². The van der Waals surface area contributed by atoms with Crippen molar-refractivity contribution in [2.24, 2.45) is 0 Å². The fourth-order valence-electron chi connectivity index (χ4n) is 2.63. The van der Waals surface area contributed by atoms with E-state index in [4.69, 9.17) is 4.74 Å². The Kier molecular flexibility index (Phi) is 3.77. The molecule has 1 aliphatic rings. The first kappa shape index (κ1) is 12.9. The van der Waals surface area contributed by atoms with Crippen LogP contribution < -0.4 is 4.74 Å². The largest absolute Gasteiger partial charge is 0.473 e. The average Bonchev–Trinajstić information content (AvgIpc) is 2.53. The Balaban J connectivity index is 1.74. The van der Waals surface area contributed by atoms with Gasteiger partial charge in [0.05, 0.1) is 0 Å². The van der Waals surface area contributed by atoms with Crippen LogP contribution in [-0.4, -0.2) is 11.3 Å². The second-order valence-corrected chi connectivity index (χ2v) is 5.09. The molecule has 102 valence electrons. The van der Waals surface area contributed by atoms with Gasteiger partial charge in [0.15, 0.2) is 0 Å². The van der Waals surface area contributed by atoms with Gasteiger partial charge in [0.2, 0.25) is 5.88 Å². The van der Waals surface area contributed by atoms with Crippen LogP contribution in [0.3, 0.4) is 0 Å². The molecule has 20 heavy (non-hydrogen) atoms. The molecule has 3 heteroatoms. The van der Waals surface area contributed by atoms with E-state index in [1.165, 1.54) is 0 Å². The lowest BCUT2D eigenvalue weighted by Gasteiger charge is -2.20. The van der Waals surface area contributed by atoms with Crippen LogP contribution in [0.2, 0.25) is 0 Å². The Hall–Kier alpha value is -2.16. The Morgan fingerprint density at radius 3 is 2.85 bits per heavy atom. The number of ether oxygens (including phenoxy) is 1. The Morgan fingerprint density at radius 1 is 1.20 bits per heavy atom. The molecule has 1 aliphatic carbocycles. The second kappa shape index (κ2) is 5.87. The number of rotatable bonds is 4. The summed E-state index contributed by atoms with van der Waals surface area (Å²) < 4.78 is 5.73. The van der Waals surface area contributed by atoms with Crippen LogP contribution in [0, 0.1) is 0 Å². The van der Waals surface area contributed by atoms with Crippen molar-refractivity contribution in [1.29, 1.82) is 0 Å². The molecule has 3 rings (SSSR count). The van der Waals surface area contributed by atoms with Gasteiger partial charge in [0, 0.05) is 17.7 Å². The molecule has 0 fully saturated rings. The molecule has 0 amide bonds. The van der Waals surface area contributed by atoms with E-state index in [0.717, 1.165) is 42.4 Å². The van der Waals surface area contributed by atoms with Gasteiger partial charge in [-0.3, -0.25) is 0 Å². The van der Waals surface area contributed by atoms with Gasteiger partial charge in [-0.2, -0.15) is 0 Å². The van der Waals surface area contributed by atoms with Crippen molar-refractivity contribution in [3.05, 3.63) is 59.3 Å². The number of aldehydes is 1. The molecule has 2 aromatic rings. The molecule has 0 radical (unpaired) electrons. The molecule has 1 atom stereocenters. The van der Waals surface area contributed by atoms with Crippen molar-refractivity contribution >= 4 is 6.29 Å². The Bertz CT molecular complexity index is 595. The zero-order valence-electron chi connectivity index (χ0n) is 11.3. The molecule has 1 aromatic heterocycles. The number of aromatic nitrogens is 1. The van der Waals surface area contributed by atoms with E-state index in [2.05, 4.69) is 4.98 Å². The van der Waals surface area contributed by atoms with E-state index < -0.39 is 0 Å². The highest BCUT2D eigenvalue weighted by atomic mass is 16.5. The lowest BCUT2D eigenvalue weighted by atomic mass is 9.87. The Morgan fingerprint density at radius 2 is 2.05 bits per heavy atom. The summed E-state index contributed by atoms with van der Waals surface area (Å²) in [6.07, 6.45) is 3.92. The van der Waals surface area contributed by atoms with Crippen LogP contribution in [0.1, 0.15) is 35.6 Å². The van der Waals surface area contributed by atoms with Gasteiger partial charge < -0.3 is 9.53 Å². The quantitative estimate of drug-likeness (QED) is 0.798. The number of hydrogen-bond donors (Lipinski definition) is 0. The first-order valence-corrected chi connectivity index (χ1v) is 6.98. The van der Waals surface area contributed by atoms with Gasteiger partial charge in [0.1, 0.15) is 12.9 Å². The summed E-state index contributed by atoms with van der Waals surface area (Å²) in [4.78, 5) is 15.6. The van der Waals surface area contributed by atoms with E-state index in [1.807, 2.05) is 42.5 Å². The average molecular weight is 267 g/mol. The van der Waals surface area contributed by atoms with E-state index in [-0.39, 0.29) is 5.92 Å². The summed E-state index contributed by atoms with van der Waals surface area (Å²) >= 11 is 0. The minimum atomic E-state index is 0.00873. The van der Waals surface area contributed by atoms with Crippen molar-refractivity contribution in [1.82, 2.24) is 4.98 Å². The molecule has 3 nitrogen and oxygen atoms in total. The number of aryl methyl sites for hydroxylation is 1. The number of fused-ring (bicyclic) bond motifs is 1. The summed E-state index contributed by atoms with van der Waals surface area (Å²) in [5.41, 5.74) is 3.20. The predicted molar refractivity (Wildman–Crippen MR) is 76.8 cm³/mol. The SMILES string of the molecule is O=CC1CCCc2nc(OCc3ccccc3)ccc21. The van der Waals surface area contributed by atoms with Gasteiger partial charge in [0.25, 0.3) is 0 Å². The van der Waals surface area contributed by atoms with Crippen molar-refractivity contribution < 1.29 is 9.53 Å². The standard InChI is InChI=1S/C17H17NO2/c19-11-14-7-4-8-16-15(14)9-10-17(18-16)20-12-13-5-2-1-3-6-13/h1-3,5-6,9-11,14H,4,7-8,12H2. The molecule has 1 unspecified atom stereocenters. The smallest absolute Gasteiger partial charge is 0.213 e. The molecule has 1 heterocycles. The highest BCUT2D eigenvalue weighted by molar-refractivity contribution is 5.63. The van der Waals surface area contributed by atoms with Gasteiger partial charge in [-0.15, -0.1) is 0 Å². The minimum Gasteiger partial charge on any atom is -0.473 e. The number of benzene rings is 1. The lowest BCUT2D eigenvalue weighted by molar-refractivity contribution is -0.109. The van der Waals surface area contributed by atoms with Gasteiger partial charge in [-0.05, 0) is 30.4 Å². The number of carbonyl (C=O) groups excluding carboxylic acids is 1. The summed E-state index contributed by atoms with van der Waals surface area (Å²) in [7, 11) is 0. The number of hydrogen-bond acceptors (Lipinski definition) is 3. The van der Waals surface area contributed by atoms with Crippen LogP contribution in [0.4, 0.5) is 0 Å². The van der Waals surface area contributed by atoms with Crippen molar-refractivity contribution in [2.45, 2.75) is 31.8 Å². The van der Waals surface area contributed by atoms with Gasteiger partial charge in [-0.1, -0.05) is 36.4 Å². The molecule has 0 N–H and O–H groups in total. The van der Waals surface area contributed by atoms with Crippen molar-refractivity contribution in [2.75, 3.05) is 0 Å². The van der Waals surface area contributed by atoms with E-state index in [9.17, 15) is 4.79 Å². The van der Waals surface area contributed by atoms with Gasteiger partial charge >= 0.3 is 0 Å². The molecule has 0 bridgehead atoms. The van der Waals surface area contributed by atoms with Crippen LogP contribution in [0.15, 0.2) is 42.5 Å². The molecular weight excluding hydrogens is 250 g/mol. The topological polar surface area (TPSA) is 39.2 Å². The zero-order valence-corrected chi connectivity index (χ0v) is 11.3. The maximum absolute atomic E-state index is 11.1. The maximum Gasteiger partial charge on any atom is 0.213 e. The van der Waals surface area contributed by atoms with E-state index in [0.29, 0.717) is 12.5 Å². The second-order valence-electron chi connectivity index (χ2n) is 5.09. The molecular formula is C17H17NO2. The Labute approximate surface area is 118 Å². The van der Waals surface area contributed by atoms with E-state index in [1.54, 1.807) is 0 Å². The minimum absolute atomic E-state index is 0.00873. The molecule has 0 spiro atoms. The summed E-state index contributed by atoms with van der Waals surface area (Å²) in [6, 6.07) is 13.9. The summed E-state index contributed by atoms with van der Waals surface area (Å²) in [5, 5.41) is 0. The van der Waals surface area contributed by atoms with Crippen LogP contribution >= 0.6 is 0 Å². The number of pyridine rings is 1. The first-order chi connectivity index (χ1) is 9.86. The molecule has 0 saturated heterocycles. The third-order valence-corrected chi connectivity index (χ3v) is 3.71. The van der Waals surface area contributed by atoms with Crippen molar-refractivity contribution in [3.63, 3.8) is 0 Å². The van der Waals surface area contributed by atoms with Crippen LogP contribution in [-0.2, 0) is 17.8 Å². The fraction of sp³-hybridized carbons (Fsp3) is 0.294. The van der Waals surface area contributed by atoms with Crippen molar-refractivity contribution in [3.8, 4) is 5.88 Å². The third-order valence-electron chi connectivity index (χ3n) is 3.71. The monoisotopic (exact) mass is 267 g/mol. The number of nitrogens with zero attached hydrogens (tertiary/aromatic N) is 1. The molecule has 1 aromatic carbocycles. The highest BCUT2D eigenvalue weighted by Crippen LogP contribution is 2.30. The molecule has 0 saturated carbocycles. The predicted octanol–water partition coefficient (Wildman–Crippen LogP) is 3.28. The third kappa shape index (κ3) is 2.72. The fourth-order valence-corrected chi connectivity index (χ4v) is 2.63.